The zero-order chi connectivity index (χ0) is 38.6. The van der Waals surface area contributed by atoms with Gasteiger partial charge in [0.05, 0.1) is 0 Å². The summed E-state index contributed by atoms with van der Waals surface area (Å²) in [6.07, 6.45) is 0. The summed E-state index contributed by atoms with van der Waals surface area (Å²) in [6.45, 7) is 0. The molecule has 0 atom stereocenters. The quantitative estimate of drug-likeness (QED) is 0.162. The number of anilines is 3. The predicted molar refractivity (Wildman–Crippen MR) is 233 cm³/mol. The SMILES string of the molecule is Fc1ccc2cc(-c3ccc4cc(N(c5ccc(-c6ccc(-c7nc8ccccc8o7)cc6)cc5)c5ccc(-c6nc7ccccc7o6)cc5)ccc4c3)ccc2c1. The van der Waals surface area contributed by atoms with Crippen molar-refractivity contribution in [2.24, 2.45) is 0 Å². The van der Waals surface area contributed by atoms with Crippen LogP contribution in [-0.2, 0) is 0 Å². The van der Waals surface area contributed by atoms with Crippen molar-refractivity contribution in [2.75, 3.05) is 4.90 Å². The molecule has 11 aromatic rings. The van der Waals surface area contributed by atoms with E-state index in [2.05, 4.69) is 131 Å². The smallest absolute Gasteiger partial charge is 0.227 e. The fourth-order valence-electron chi connectivity index (χ4n) is 7.75. The molecule has 0 unspecified atom stereocenters. The Balaban J connectivity index is 0.937. The highest BCUT2D eigenvalue weighted by atomic mass is 19.1. The Morgan fingerprint density at radius 1 is 0.345 bits per heavy atom. The number of halogens is 1. The zero-order valence-electron chi connectivity index (χ0n) is 31.0. The van der Waals surface area contributed by atoms with Gasteiger partial charge in [0, 0.05) is 28.2 Å². The number of fused-ring (bicyclic) bond motifs is 4. The molecule has 0 fully saturated rings. The largest absolute Gasteiger partial charge is 0.436 e. The van der Waals surface area contributed by atoms with Gasteiger partial charge in [0.15, 0.2) is 11.2 Å². The zero-order valence-corrected chi connectivity index (χ0v) is 31.0. The molecule has 0 N–H and O–H groups in total. The molecule has 0 aliphatic carbocycles. The van der Waals surface area contributed by atoms with Crippen LogP contribution in [0.5, 0.6) is 0 Å². The third kappa shape index (κ3) is 6.14. The molecule has 2 heterocycles. The van der Waals surface area contributed by atoms with Gasteiger partial charge in [-0.1, -0.05) is 84.9 Å². The van der Waals surface area contributed by atoms with Crippen molar-refractivity contribution >= 4 is 60.8 Å². The van der Waals surface area contributed by atoms with Gasteiger partial charge in [-0.3, -0.25) is 0 Å². The third-order valence-electron chi connectivity index (χ3n) is 10.8. The van der Waals surface area contributed by atoms with E-state index in [1.54, 1.807) is 6.07 Å². The molecule has 0 aliphatic rings. The number of rotatable bonds is 7. The van der Waals surface area contributed by atoms with E-state index in [1.165, 1.54) is 6.07 Å². The lowest BCUT2D eigenvalue weighted by atomic mass is 9.98. The van der Waals surface area contributed by atoms with E-state index in [9.17, 15) is 4.39 Å². The molecule has 0 aliphatic heterocycles. The Morgan fingerprint density at radius 2 is 0.741 bits per heavy atom. The maximum absolute atomic E-state index is 13.8. The lowest BCUT2D eigenvalue weighted by Gasteiger charge is -2.26. The van der Waals surface area contributed by atoms with Crippen molar-refractivity contribution < 1.29 is 13.2 Å². The van der Waals surface area contributed by atoms with Gasteiger partial charge >= 0.3 is 0 Å². The minimum Gasteiger partial charge on any atom is -0.436 e. The maximum Gasteiger partial charge on any atom is 0.227 e. The van der Waals surface area contributed by atoms with Gasteiger partial charge < -0.3 is 13.7 Å². The Morgan fingerprint density at radius 3 is 1.29 bits per heavy atom. The summed E-state index contributed by atoms with van der Waals surface area (Å²) in [4.78, 5) is 11.7. The van der Waals surface area contributed by atoms with Crippen LogP contribution >= 0.6 is 0 Å². The van der Waals surface area contributed by atoms with Crippen LogP contribution in [0.15, 0.2) is 203 Å². The average Bonchev–Trinajstić information content (AvgIpc) is 3.92. The second kappa shape index (κ2) is 13.7. The second-order valence-electron chi connectivity index (χ2n) is 14.4. The summed E-state index contributed by atoms with van der Waals surface area (Å²) in [5, 5.41) is 4.14. The maximum atomic E-state index is 13.8. The summed E-state index contributed by atoms with van der Waals surface area (Å²) >= 11 is 0. The van der Waals surface area contributed by atoms with E-state index in [0.29, 0.717) is 11.8 Å². The number of aromatic nitrogens is 2. The molecule has 5 nitrogen and oxygen atoms in total. The molecule has 0 saturated carbocycles. The van der Waals surface area contributed by atoms with Gasteiger partial charge in [-0.05, 0) is 153 Å². The van der Waals surface area contributed by atoms with Crippen molar-refractivity contribution in [2.45, 2.75) is 0 Å². The molecule has 2 aromatic heterocycles. The van der Waals surface area contributed by atoms with Crippen molar-refractivity contribution in [3.63, 3.8) is 0 Å². The molecule has 58 heavy (non-hydrogen) atoms. The van der Waals surface area contributed by atoms with Crippen molar-refractivity contribution in [3.8, 4) is 45.2 Å². The summed E-state index contributed by atoms with van der Waals surface area (Å²) in [6, 6.07) is 65.1. The lowest BCUT2D eigenvalue weighted by Crippen LogP contribution is -2.09. The van der Waals surface area contributed by atoms with Crippen LogP contribution in [0.25, 0.3) is 88.9 Å². The van der Waals surface area contributed by atoms with Gasteiger partial charge in [-0.25, -0.2) is 14.4 Å². The van der Waals surface area contributed by atoms with Gasteiger partial charge in [-0.2, -0.15) is 0 Å². The first kappa shape index (κ1) is 33.5. The molecule has 11 rings (SSSR count). The Hall–Kier alpha value is -7.83. The minimum atomic E-state index is -0.228. The van der Waals surface area contributed by atoms with E-state index >= 15 is 0 Å². The second-order valence-corrected chi connectivity index (χ2v) is 14.4. The molecule has 274 valence electrons. The first-order valence-corrected chi connectivity index (χ1v) is 19.1. The van der Waals surface area contributed by atoms with Crippen LogP contribution in [-0.4, -0.2) is 9.97 Å². The molecule has 0 bridgehead atoms. The topological polar surface area (TPSA) is 55.3 Å². The molecule has 9 aromatic carbocycles. The van der Waals surface area contributed by atoms with Crippen molar-refractivity contribution in [1.29, 1.82) is 0 Å². The highest BCUT2D eigenvalue weighted by Crippen LogP contribution is 2.39. The first-order valence-electron chi connectivity index (χ1n) is 19.1. The third-order valence-corrected chi connectivity index (χ3v) is 10.8. The Bertz CT molecular complexity index is 3230. The Labute approximate surface area is 332 Å². The minimum absolute atomic E-state index is 0.228. The molecular weight excluding hydrogens is 718 g/mol. The number of nitrogens with zero attached hydrogens (tertiary/aromatic N) is 3. The number of hydrogen-bond acceptors (Lipinski definition) is 5. The summed E-state index contributed by atoms with van der Waals surface area (Å²) in [5.74, 6) is 0.971. The van der Waals surface area contributed by atoms with Crippen LogP contribution in [0.4, 0.5) is 21.5 Å². The van der Waals surface area contributed by atoms with Crippen LogP contribution in [0.2, 0.25) is 0 Å². The summed E-state index contributed by atoms with van der Waals surface area (Å²) < 4.78 is 25.9. The molecule has 0 radical (unpaired) electrons. The predicted octanol–water partition coefficient (Wildman–Crippen LogP) is 14.6. The highest BCUT2D eigenvalue weighted by Gasteiger charge is 2.16. The van der Waals surface area contributed by atoms with E-state index in [0.717, 1.165) is 94.2 Å². The van der Waals surface area contributed by atoms with Crippen LogP contribution in [0, 0.1) is 5.82 Å². The fraction of sp³-hybridized carbons (Fsp3) is 0. The van der Waals surface area contributed by atoms with Crippen molar-refractivity contribution in [3.05, 3.63) is 200 Å². The van der Waals surface area contributed by atoms with Crippen LogP contribution < -0.4 is 4.90 Å². The van der Waals surface area contributed by atoms with Gasteiger partial charge in [0.2, 0.25) is 11.8 Å². The summed E-state index contributed by atoms with van der Waals surface area (Å²) in [7, 11) is 0. The van der Waals surface area contributed by atoms with Gasteiger partial charge in [-0.15, -0.1) is 0 Å². The van der Waals surface area contributed by atoms with Crippen molar-refractivity contribution in [1.82, 2.24) is 9.97 Å². The van der Waals surface area contributed by atoms with E-state index in [1.807, 2.05) is 60.7 Å². The van der Waals surface area contributed by atoms with E-state index in [-0.39, 0.29) is 5.82 Å². The number of hydrogen-bond donors (Lipinski definition) is 0. The standard InChI is InChI=1S/C52H32FN3O2/c53-43-23-17-39-29-37(13-15-41(39)31-43)38-14-16-42-32-46(28-22-40(42)30-38)56(45-26-20-36(21-27-45)52-55-48-6-2-4-8-50(48)58-52)44-24-18-34(19-25-44)33-9-11-35(12-10-33)51-54-47-5-1-3-7-49(47)57-51/h1-32H. The number of benzene rings is 9. The molecule has 0 amide bonds. The lowest BCUT2D eigenvalue weighted by molar-refractivity contribution is 0.619. The fourth-order valence-corrected chi connectivity index (χ4v) is 7.75. The average molecular weight is 750 g/mol. The molecule has 0 spiro atoms. The number of oxazole rings is 2. The molecule has 6 heteroatoms. The van der Waals surface area contributed by atoms with Crippen LogP contribution in [0.1, 0.15) is 0 Å². The van der Waals surface area contributed by atoms with Crippen LogP contribution in [0.3, 0.4) is 0 Å². The van der Waals surface area contributed by atoms with E-state index < -0.39 is 0 Å². The Kier molecular flexibility index (Phi) is 7.93. The van der Waals surface area contributed by atoms with Gasteiger partial charge in [0.1, 0.15) is 16.9 Å². The molecule has 0 saturated heterocycles. The first-order chi connectivity index (χ1) is 28.6. The normalized spacial score (nSPS) is 11.5. The highest BCUT2D eigenvalue weighted by molar-refractivity contribution is 5.94. The van der Waals surface area contributed by atoms with E-state index in [4.69, 9.17) is 13.8 Å². The monoisotopic (exact) mass is 749 g/mol. The molecular formula is C52H32FN3O2. The number of para-hydroxylation sites is 4. The summed E-state index contributed by atoms with van der Waals surface area (Å²) in [5.41, 5.74) is 12.5. The van der Waals surface area contributed by atoms with Gasteiger partial charge in [0.25, 0.3) is 0 Å².